The number of nitrogens with zero attached hydrogens (tertiary/aromatic N) is 6. The third kappa shape index (κ3) is 3.82. The van der Waals surface area contributed by atoms with Gasteiger partial charge in [-0.3, -0.25) is 4.40 Å². The molecule has 10 nitrogen and oxygen atoms in total. The minimum atomic E-state index is -0.567. The average Bonchev–Trinajstić information content (AvgIpc) is 3.15. The van der Waals surface area contributed by atoms with Gasteiger partial charge in [-0.2, -0.15) is 15.0 Å². The van der Waals surface area contributed by atoms with E-state index >= 15 is 0 Å². The topological polar surface area (TPSA) is 133 Å². The standard InChI is InChI=1S/C17H13FN8O2/c18-11-2-4-12(5-3-11)21-17-23-13(22-16(19)24-17)8-28-15(27)10-1-6-14-25-20-9-26(14)7-10/h1-7,9H,8H2,(H3,19,21,22,23,24). The predicted octanol–water partition coefficient (Wildman–Crippen LogP) is 1.74. The smallest absolute Gasteiger partial charge is 0.340 e. The van der Waals surface area contributed by atoms with E-state index < -0.39 is 5.97 Å². The van der Waals surface area contributed by atoms with Crippen LogP contribution in [0.1, 0.15) is 16.2 Å². The van der Waals surface area contributed by atoms with E-state index in [9.17, 15) is 9.18 Å². The molecule has 3 heterocycles. The van der Waals surface area contributed by atoms with Crippen LogP contribution in [0.25, 0.3) is 5.65 Å². The summed E-state index contributed by atoms with van der Waals surface area (Å²) in [6.45, 7) is -0.204. The quantitative estimate of drug-likeness (QED) is 0.497. The number of rotatable bonds is 5. The van der Waals surface area contributed by atoms with Gasteiger partial charge in [-0.15, -0.1) is 10.2 Å². The van der Waals surface area contributed by atoms with E-state index in [1.165, 1.54) is 30.6 Å². The van der Waals surface area contributed by atoms with Gasteiger partial charge in [0.05, 0.1) is 5.56 Å². The molecular formula is C17H13FN8O2. The van der Waals surface area contributed by atoms with Gasteiger partial charge in [0, 0.05) is 11.9 Å². The van der Waals surface area contributed by atoms with Crippen molar-refractivity contribution >= 4 is 29.2 Å². The van der Waals surface area contributed by atoms with E-state index in [0.29, 0.717) is 16.9 Å². The summed E-state index contributed by atoms with van der Waals surface area (Å²) in [5.41, 5.74) is 7.18. The van der Waals surface area contributed by atoms with Crippen LogP contribution in [0.2, 0.25) is 0 Å². The first-order valence-electron chi connectivity index (χ1n) is 8.06. The van der Waals surface area contributed by atoms with Gasteiger partial charge >= 0.3 is 5.97 Å². The number of fused-ring (bicyclic) bond motifs is 1. The second-order valence-electron chi connectivity index (χ2n) is 5.66. The molecule has 3 aromatic heterocycles. The lowest BCUT2D eigenvalue weighted by atomic mass is 10.3. The number of anilines is 3. The zero-order valence-corrected chi connectivity index (χ0v) is 14.3. The number of carbonyl (C=O) groups excluding carboxylic acids is 1. The van der Waals surface area contributed by atoms with Crippen LogP contribution in [0.5, 0.6) is 0 Å². The molecule has 0 aliphatic heterocycles. The molecule has 4 rings (SSSR count). The number of benzene rings is 1. The molecule has 140 valence electrons. The van der Waals surface area contributed by atoms with Crippen LogP contribution in [-0.4, -0.2) is 35.5 Å². The number of ether oxygens (including phenoxy) is 1. The molecule has 0 amide bonds. The molecule has 0 radical (unpaired) electrons. The summed E-state index contributed by atoms with van der Waals surface area (Å²) < 4.78 is 19.8. The minimum absolute atomic E-state index is 0.0448. The number of pyridine rings is 1. The molecule has 3 N–H and O–H groups in total. The highest BCUT2D eigenvalue weighted by Gasteiger charge is 2.12. The molecule has 1 aromatic carbocycles. The van der Waals surface area contributed by atoms with E-state index in [1.54, 1.807) is 22.7 Å². The fraction of sp³-hybridized carbons (Fsp3) is 0.0588. The number of carbonyl (C=O) groups is 1. The highest BCUT2D eigenvalue weighted by Crippen LogP contribution is 2.14. The average molecular weight is 380 g/mol. The molecule has 0 fully saturated rings. The predicted molar refractivity (Wildman–Crippen MR) is 96.0 cm³/mol. The number of halogens is 1. The molecule has 0 aliphatic carbocycles. The van der Waals surface area contributed by atoms with Crippen molar-refractivity contribution in [1.82, 2.24) is 29.5 Å². The monoisotopic (exact) mass is 380 g/mol. The van der Waals surface area contributed by atoms with Crippen LogP contribution in [0.4, 0.5) is 22.0 Å². The number of nitrogen functional groups attached to an aromatic ring is 1. The van der Waals surface area contributed by atoms with E-state index in [1.807, 2.05) is 0 Å². The lowest BCUT2D eigenvalue weighted by molar-refractivity contribution is 0.0461. The Hall–Kier alpha value is -4.15. The first kappa shape index (κ1) is 17.3. The Kier molecular flexibility index (Phi) is 4.46. The maximum atomic E-state index is 13.0. The van der Waals surface area contributed by atoms with Gasteiger partial charge in [0.1, 0.15) is 12.1 Å². The Morgan fingerprint density at radius 3 is 2.79 bits per heavy atom. The van der Waals surface area contributed by atoms with Gasteiger partial charge in [-0.1, -0.05) is 0 Å². The van der Waals surface area contributed by atoms with Crippen LogP contribution in [0.15, 0.2) is 48.9 Å². The van der Waals surface area contributed by atoms with Crippen molar-refractivity contribution in [3.63, 3.8) is 0 Å². The largest absolute Gasteiger partial charge is 0.454 e. The zero-order chi connectivity index (χ0) is 19.5. The summed E-state index contributed by atoms with van der Waals surface area (Å²) in [5.74, 6) is -0.663. The van der Waals surface area contributed by atoms with Gasteiger partial charge in [0.25, 0.3) is 0 Å². The summed E-state index contributed by atoms with van der Waals surface area (Å²) in [6, 6.07) is 8.86. The van der Waals surface area contributed by atoms with Crippen molar-refractivity contribution in [3.05, 3.63) is 66.1 Å². The number of hydrogen-bond acceptors (Lipinski definition) is 9. The van der Waals surface area contributed by atoms with Crippen LogP contribution < -0.4 is 11.1 Å². The van der Waals surface area contributed by atoms with E-state index in [4.69, 9.17) is 10.5 Å². The molecule has 0 aliphatic rings. The van der Waals surface area contributed by atoms with E-state index in [0.717, 1.165) is 0 Å². The second-order valence-corrected chi connectivity index (χ2v) is 5.66. The van der Waals surface area contributed by atoms with Crippen molar-refractivity contribution in [2.45, 2.75) is 6.61 Å². The number of aromatic nitrogens is 6. The molecule has 0 saturated carbocycles. The highest BCUT2D eigenvalue weighted by atomic mass is 19.1. The summed E-state index contributed by atoms with van der Waals surface area (Å²) in [5, 5.41) is 10.5. The molecule has 0 unspecified atom stereocenters. The Morgan fingerprint density at radius 2 is 1.96 bits per heavy atom. The number of esters is 1. The van der Waals surface area contributed by atoms with Gasteiger partial charge < -0.3 is 15.8 Å². The van der Waals surface area contributed by atoms with Crippen LogP contribution >= 0.6 is 0 Å². The Balaban J connectivity index is 1.45. The summed E-state index contributed by atoms with van der Waals surface area (Å²) in [7, 11) is 0. The van der Waals surface area contributed by atoms with E-state index in [-0.39, 0.29) is 30.1 Å². The Morgan fingerprint density at radius 1 is 1.14 bits per heavy atom. The molecule has 0 atom stereocenters. The van der Waals surface area contributed by atoms with Crippen molar-refractivity contribution in [2.24, 2.45) is 0 Å². The SMILES string of the molecule is Nc1nc(COC(=O)c2ccc3nncn3c2)nc(Nc2ccc(F)cc2)n1. The molecular weight excluding hydrogens is 367 g/mol. The van der Waals surface area contributed by atoms with Crippen molar-refractivity contribution in [3.8, 4) is 0 Å². The summed E-state index contributed by atoms with van der Waals surface area (Å²) in [4.78, 5) is 24.3. The first-order valence-corrected chi connectivity index (χ1v) is 8.06. The zero-order valence-electron chi connectivity index (χ0n) is 14.3. The Labute approximate surface area is 157 Å². The minimum Gasteiger partial charge on any atom is -0.454 e. The lowest BCUT2D eigenvalue weighted by Gasteiger charge is -2.08. The van der Waals surface area contributed by atoms with Crippen LogP contribution in [0, 0.1) is 5.82 Å². The molecule has 0 bridgehead atoms. The van der Waals surface area contributed by atoms with Crippen LogP contribution in [0.3, 0.4) is 0 Å². The summed E-state index contributed by atoms with van der Waals surface area (Å²) >= 11 is 0. The molecule has 4 aromatic rings. The molecule has 0 saturated heterocycles. The number of nitrogens with two attached hydrogens (primary N) is 1. The second kappa shape index (κ2) is 7.23. The maximum absolute atomic E-state index is 13.0. The van der Waals surface area contributed by atoms with Gasteiger partial charge in [0.15, 0.2) is 18.1 Å². The van der Waals surface area contributed by atoms with Gasteiger partial charge in [-0.05, 0) is 36.4 Å². The highest BCUT2D eigenvalue weighted by molar-refractivity contribution is 5.89. The van der Waals surface area contributed by atoms with Gasteiger partial charge in [-0.25, -0.2) is 9.18 Å². The number of nitrogens with one attached hydrogen (secondary N) is 1. The van der Waals surface area contributed by atoms with Crippen molar-refractivity contribution in [2.75, 3.05) is 11.1 Å². The third-order valence-corrected chi connectivity index (χ3v) is 3.66. The third-order valence-electron chi connectivity index (χ3n) is 3.66. The first-order chi connectivity index (χ1) is 13.6. The summed E-state index contributed by atoms with van der Waals surface area (Å²) in [6.07, 6.45) is 3.03. The molecule has 0 spiro atoms. The fourth-order valence-electron chi connectivity index (χ4n) is 2.38. The molecule has 28 heavy (non-hydrogen) atoms. The van der Waals surface area contributed by atoms with Gasteiger partial charge in [0.2, 0.25) is 11.9 Å². The lowest BCUT2D eigenvalue weighted by Crippen LogP contribution is -2.11. The number of hydrogen-bond donors (Lipinski definition) is 2. The fourth-order valence-corrected chi connectivity index (χ4v) is 2.38. The van der Waals surface area contributed by atoms with Crippen molar-refractivity contribution in [1.29, 1.82) is 0 Å². The molecule has 11 heteroatoms. The Bertz CT molecular complexity index is 1150. The van der Waals surface area contributed by atoms with Crippen LogP contribution in [-0.2, 0) is 11.3 Å². The van der Waals surface area contributed by atoms with Crippen molar-refractivity contribution < 1.29 is 13.9 Å². The normalized spacial score (nSPS) is 10.8. The maximum Gasteiger partial charge on any atom is 0.340 e. The van der Waals surface area contributed by atoms with E-state index in [2.05, 4.69) is 30.5 Å².